The van der Waals surface area contributed by atoms with Gasteiger partial charge in [0.25, 0.3) is 0 Å². The highest BCUT2D eigenvalue weighted by Crippen LogP contribution is 2.23. The fourth-order valence-corrected chi connectivity index (χ4v) is 1.79. The molecule has 0 radical (unpaired) electrons. The molecule has 2 nitrogen and oxygen atoms in total. The molecule has 1 heterocycles. The van der Waals surface area contributed by atoms with Gasteiger partial charge in [0.05, 0.1) is 5.69 Å². The lowest BCUT2D eigenvalue weighted by Crippen LogP contribution is -1.98. The van der Waals surface area contributed by atoms with Gasteiger partial charge in [0.15, 0.2) is 0 Å². The zero-order valence-electron chi connectivity index (χ0n) is 9.34. The molecule has 88 valence electrons. The average molecular weight is 252 g/mol. The first-order chi connectivity index (χ1) is 7.99. The fourth-order valence-electron chi connectivity index (χ4n) is 1.48. The van der Waals surface area contributed by atoms with Crippen LogP contribution in [0.2, 0.25) is 0 Å². The van der Waals surface area contributed by atoms with Crippen LogP contribution in [0.25, 0.3) is 11.3 Å². The Balaban J connectivity index is 2.72. The highest BCUT2D eigenvalue weighted by atomic mass is 32.1. The third-order valence-corrected chi connectivity index (χ3v) is 2.82. The van der Waals surface area contributed by atoms with E-state index in [1.807, 2.05) is 6.92 Å². The molecule has 0 aliphatic rings. The quantitative estimate of drug-likeness (QED) is 0.784. The van der Waals surface area contributed by atoms with Crippen LogP contribution in [0.5, 0.6) is 0 Å². The molecule has 17 heavy (non-hydrogen) atoms. The van der Waals surface area contributed by atoms with Crippen LogP contribution in [0.1, 0.15) is 11.4 Å². The van der Waals surface area contributed by atoms with Gasteiger partial charge in [-0.25, -0.2) is 13.8 Å². The summed E-state index contributed by atoms with van der Waals surface area (Å²) < 4.78 is 27.0. The number of hydrogen-bond donors (Lipinski definition) is 1. The van der Waals surface area contributed by atoms with Crippen molar-refractivity contribution in [3.8, 4) is 11.3 Å². The molecule has 0 bridgehead atoms. The minimum absolute atomic E-state index is 0.0781. The highest BCUT2D eigenvalue weighted by molar-refractivity contribution is 7.71. The van der Waals surface area contributed by atoms with Crippen LogP contribution in [0.4, 0.5) is 8.78 Å². The Morgan fingerprint density at radius 1 is 1.24 bits per heavy atom. The summed E-state index contributed by atoms with van der Waals surface area (Å²) in [5.74, 6) is -1.06. The maximum atomic E-state index is 13.6. The summed E-state index contributed by atoms with van der Waals surface area (Å²) in [5.41, 5.74) is 1.86. The molecule has 1 N–H and O–H groups in total. The van der Waals surface area contributed by atoms with Gasteiger partial charge in [-0.15, -0.1) is 0 Å². The number of hydrogen-bond acceptors (Lipinski definition) is 2. The first-order valence-corrected chi connectivity index (χ1v) is 5.43. The van der Waals surface area contributed by atoms with Crippen LogP contribution in [0.15, 0.2) is 18.2 Å². The zero-order chi connectivity index (χ0) is 12.6. The van der Waals surface area contributed by atoms with Crippen molar-refractivity contribution in [2.45, 2.75) is 13.8 Å². The first kappa shape index (κ1) is 11.9. The van der Waals surface area contributed by atoms with Gasteiger partial charge >= 0.3 is 0 Å². The Labute approximate surface area is 102 Å². The largest absolute Gasteiger partial charge is 0.347 e. The van der Waals surface area contributed by atoms with Gasteiger partial charge in [0.2, 0.25) is 0 Å². The van der Waals surface area contributed by atoms with Crippen molar-refractivity contribution in [1.29, 1.82) is 0 Å². The van der Waals surface area contributed by atoms with Crippen molar-refractivity contribution in [2.24, 2.45) is 0 Å². The van der Waals surface area contributed by atoms with Crippen molar-refractivity contribution < 1.29 is 8.78 Å². The fraction of sp³-hybridized carbons (Fsp3) is 0.167. The second kappa shape index (κ2) is 4.33. The number of benzene rings is 1. The summed E-state index contributed by atoms with van der Waals surface area (Å²) >= 11 is 5.08. The van der Waals surface area contributed by atoms with Crippen LogP contribution in [-0.4, -0.2) is 9.97 Å². The van der Waals surface area contributed by atoms with Gasteiger partial charge in [-0.2, -0.15) is 0 Å². The third kappa shape index (κ3) is 2.24. The maximum absolute atomic E-state index is 13.6. The average Bonchev–Trinajstić information content (AvgIpc) is 2.27. The van der Waals surface area contributed by atoms with Gasteiger partial charge in [-0.3, -0.25) is 0 Å². The van der Waals surface area contributed by atoms with E-state index >= 15 is 0 Å². The molecular formula is C12H10F2N2S. The van der Waals surface area contributed by atoms with Crippen LogP contribution >= 0.6 is 12.2 Å². The van der Waals surface area contributed by atoms with Crippen molar-refractivity contribution in [2.75, 3.05) is 0 Å². The van der Waals surface area contributed by atoms with E-state index in [0.717, 1.165) is 23.9 Å². The van der Waals surface area contributed by atoms with Gasteiger partial charge in [0, 0.05) is 11.3 Å². The monoisotopic (exact) mass is 252 g/mol. The molecular weight excluding hydrogens is 242 g/mol. The third-order valence-electron chi connectivity index (χ3n) is 2.52. The highest BCUT2D eigenvalue weighted by Gasteiger charge is 2.11. The Kier molecular flexibility index (Phi) is 3.02. The van der Waals surface area contributed by atoms with Crippen LogP contribution in [0.3, 0.4) is 0 Å². The smallest absolute Gasteiger partial charge is 0.132 e. The Morgan fingerprint density at radius 2 is 1.94 bits per heavy atom. The van der Waals surface area contributed by atoms with Crippen molar-refractivity contribution in [1.82, 2.24) is 9.97 Å². The normalized spacial score (nSPS) is 10.6. The van der Waals surface area contributed by atoms with Crippen LogP contribution < -0.4 is 0 Å². The summed E-state index contributed by atoms with van der Waals surface area (Å²) in [4.78, 5) is 7.12. The summed E-state index contributed by atoms with van der Waals surface area (Å²) in [7, 11) is 0. The predicted octanol–water partition coefficient (Wildman–Crippen LogP) is 3.70. The molecule has 2 aromatic rings. The molecule has 5 heteroatoms. The number of aromatic amines is 1. The van der Waals surface area contributed by atoms with Gasteiger partial charge in [-0.05, 0) is 32.0 Å². The lowest BCUT2D eigenvalue weighted by atomic mass is 10.1. The lowest BCUT2D eigenvalue weighted by molar-refractivity contribution is 0.602. The van der Waals surface area contributed by atoms with E-state index in [9.17, 15) is 8.78 Å². The van der Waals surface area contributed by atoms with E-state index in [-0.39, 0.29) is 11.3 Å². The van der Waals surface area contributed by atoms with Crippen LogP contribution in [-0.2, 0) is 0 Å². The predicted molar refractivity (Wildman–Crippen MR) is 64.2 cm³/mol. The van der Waals surface area contributed by atoms with Gasteiger partial charge in [-0.1, -0.05) is 12.2 Å². The molecule has 0 saturated carbocycles. The van der Waals surface area contributed by atoms with Crippen molar-refractivity contribution >= 4 is 12.2 Å². The zero-order valence-corrected chi connectivity index (χ0v) is 10.2. The number of halogens is 2. The van der Waals surface area contributed by atoms with E-state index in [4.69, 9.17) is 12.2 Å². The second-order valence-electron chi connectivity index (χ2n) is 3.75. The van der Waals surface area contributed by atoms with Gasteiger partial charge < -0.3 is 4.98 Å². The van der Waals surface area contributed by atoms with E-state index in [0.29, 0.717) is 10.3 Å². The number of nitrogens with zero attached hydrogens (tertiary/aromatic N) is 1. The Hall–Kier alpha value is -1.62. The minimum atomic E-state index is -0.540. The topological polar surface area (TPSA) is 28.7 Å². The van der Waals surface area contributed by atoms with Crippen molar-refractivity contribution in [3.63, 3.8) is 0 Å². The number of rotatable bonds is 1. The summed E-state index contributed by atoms with van der Waals surface area (Å²) in [5, 5.41) is 0. The molecule has 1 aromatic heterocycles. The van der Waals surface area contributed by atoms with E-state index in [1.165, 1.54) is 0 Å². The van der Waals surface area contributed by atoms with E-state index < -0.39 is 11.6 Å². The molecule has 0 spiro atoms. The summed E-state index contributed by atoms with van der Waals surface area (Å²) in [6, 6.07) is 3.22. The molecule has 0 unspecified atom stereocenters. The summed E-state index contributed by atoms with van der Waals surface area (Å²) in [6.45, 7) is 3.60. The Bertz CT molecular complexity index is 635. The number of aromatic nitrogens is 2. The molecule has 2 rings (SSSR count). The van der Waals surface area contributed by atoms with Crippen molar-refractivity contribution in [3.05, 3.63) is 45.9 Å². The second-order valence-corrected chi connectivity index (χ2v) is 4.16. The number of aryl methyl sites for hydroxylation is 2. The standard InChI is InChI=1S/C12H10F2N2S/c1-6-7(2)16-12(17)11(15-6)9-5-8(13)3-4-10(9)14/h3-5H,1-2H3,(H,16,17). The molecule has 0 fully saturated rings. The van der Waals surface area contributed by atoms with Gasteiger partial charge in [0.1, 0.15) is 22.0 Å². The van der Waals surface area contributed by atoms with E-state index in [1.54, 1.807) is 6.92 Å². The maximum Gasteiger partial charge on any atom is 0.132 e. The first-order valence-electron chi connectivity index (χ1n) is 5.02. The SMILES string of the molecule is Cc1nc(-c2cc(F)ccc2F)c(=S)[nH]c1C. The van der Waals surface area contributed by atoms with Crippen LogP contribution in [0, 0.1) is 30.1 Å². The van der Waals surface area contributed by atoms with E-state index in [2.05, 4.69) is 9.97 Å². The molecule has 0 atom stereocenters. The number of nitrogens with one attached hydrogen (secondary N) is 1. The minimum Gasteiger partial charge on any atom is -0.347 e. The molecule has 0 saturated heterocycles. The molecule has 0 aliphatic heterocycles. The molecule has 1 aromatic carbocycles. The molecule has 0 amide bonds. The lowest BCUT2D eigenvalue weighted by Gasteiger charge is -2.06. The summed E-state index contributed by atoms with van der Waals surface area (Å²) in [6.07, 6.45) is 0. The molecule has 0 aliphatic carbocycles. The number of H-pyrrole nitrogens is 1. The Morgan fingerprint density at radius 3 is 2.65 bits per heavy atom.